The van der Waals surface area contributed by atoms with Crippen LogP contribution in [-0.4, -0.2) is 31.7 Å². The van der Waals surface area contributed by atoms with Crippen molar-refractivity contribution in [3.05, 3.63) is 83.3 Å². The van der Waals surface area contributed by atoms with Gasteiger partial charge < -0.3 is 36.0 Å². The number of aromatic hydroxyl groups is 1. The summed E-state index contributed by atoms with van der Waals surface area (Å²) in [6, 6.07) is 13.3. The topological polar surface area (TPSA) is 140 Å². The molecule has 0 spiro atoms. The molecule has 2 heterocycles. The molecule has 0 fully saturated rings. The van der Waals surface area contributed by atoms with Crippen LogP contribution in [0.4, 0.5) is 0 Å². The monoisotopic (exact) mass is 602 g/mol. The molecule has 2 aromatic carbocycles. The predicted molar refractivity (Wildman–Crippen MR) is 176 cm³/mol. The summed E-state index contributed by atoms with van der Waals surface area (Å²) in [5, 5.41) is 22.4. The van der Waals surface area contributed by atoms with E-state index in [1.54, 1.807) is 6.07 Å². The van der Waals surface area contributed by atoms with Crippen LogP contribution in [0.5, 0.6) is 11.5 Å². The average molecular weight is 603 g/mol. The van der Waals surface area contributed by atoms with Gasteiger partial charge in [-0.05, 0) is 60.1 Å². The zero-order chi connectivity index (χ0) is 31.5. The zero-order valence-electron chi connectivity index (χ0n) is 26.3. The minimum Gasteiger partial charge on any atom is -0.504 e. The van der Waals surface area contributed by atoms with Gasteiger partial charge in [0.1, 0.15) is 5.78 Å². The van der Waals surface area contributed by atoms with E-state index in [0.717, 1.165) is 84.5 Å². The third kappa shape index (κ3) is 9.21. The molecule has 0 aliphatic carbocycles. The number of aromatic amines is 1. The number of ether oxygens (including phenoxy) is 1. The molecule has 238 valence electrons. The number of rotatable bonds is 19. The number of fused-ring (bicyclic) bond motifs is 1. The molecule has 0 bridgehead atoms. The van der Waals surface area contributed by atoms with Crippen molar-refractivity contribution in [1.82, 2.24) is 9.55 Å². The van der Waals surface area contributed by atoms with Crippen LogP contribution < -0.4 is 16.2 Å². The van der Waals surface area contributed by atoms with Crippen LogP contribution in [-0.2, 0) is 24.4 Å². The van der Waals surface area contributed by atoms with Crippen molar-refractivity contribution in [3.63, 3.8) is 0 Å². The molecule has 0 saturated heterocycles. The van der Waals surface area contributed by atoms with Gasteiger partial charge in [-0.3, -0.25) is 4.79 Å². The number of carbonyl (C=O) groups is 1. The zero-order valence-corrected chi connectivity index (χ0v) is 26.3. The van der Waals surface area contributed by atoms with Gasteiger partial charge in [-0.2, -0.15) is 0 Å². The van der Waals surface area contributed by atoms with Gasteiger partial charge in [-0.15, -0.1) is 0 Å². The lowest BCUT2D eigenvalue weighted by atomic mass is 9.86. The molecule has 0 amide bonds. The second-order valence-corrected chi connectivity index (χ2v) is 12.1. The first kappa shape index (κ1) is 33.3. The first-order chi connectivity index (χ1) is 21.3. The molecular weight excluding hydrogens is 552 g/mol. The number of unbranched alkanes of at least 4 members (excludes halogenated alkanes) is 4. The molecule has 0 unspecified atom stereocenters. The Bertz CT molecular complexity index is 1470. The maximum absolute atomic E-state index is 13.2. The van der Waals surface area contributed by atoms with Crippen LogP contribution in [0.1, 0.15) is 100 Å². The number of nitrogens with two attached hydrogens (primary N) is 2. The third-order valence-electron chi connectivity index (χ3n) is 8.51. The van der Waals surface area contributed by atoms with Crippen LogP contribution in [0, 0.1) is 5.92 Å². The number of hydrogen-bond donors (Lipinski definition) is 5. The molecular formula is C36H50N4O4. The number of ketones is 1. The minimum atomic E-state index is -0.577. The van der Waals surface area contributed by atoms with Crippen LogP contribution in [0.15, 0.2) is 61.1 Å². The van der Waals surface area contributed by atoms with E-state index < -0.39 is 12.3 Å². The van der Waals surface area contributed by atoms with Crippen molar-refractivity contribution >= 4 is 16.7 Å². The molecule has 0 aliphatic heterocycles. The first-order valence-corrected chi connectivity index (χ1v) is 16.2. The number of aryl methyl sites for hydroxylation is 1. The number of nitrogens with one attached hydrogen (secondary N) is 1. The van der Waals surface area contributed by atoms with Crippen molar-refractivity contribution in [2.45, 2.75) is 103 Å². The lowest BCUT2D eigenvalue weighted by Crippen LogP contribution is -2.28. The lowest BCUT2D eigenvalue weighted by molar-refractivity contribution is -0.126. The summed E-state index contributed by atoms with van der Waals surface area (Å²) in [6.07, 6.45) is 14.2. The summed E-state index contributed by atoms with van der Waals surface area (Å²) in [4.78, 5) is 16.6. The minimum absolute atomic E-state index is 0.0558. The van der Waals surface area contributed by atoms with Crippen LogP contribution in [0.2, 0.25) is 0 Å². The molecule has 2 atom stereocenters. The third-order valence-corrected chi connectivity index (χ3v) is 8.51. The molecule has 8 heteroatoms. The lowest BCUT2D eigenvalue weighted by Gasteiger charge is -2.22. The highest BCUT2D eigenvalue weighted by molar-refractivity contribution is 5.83. The quantitative estimate of drug-likeness (QED) is 0.0587. The highest BCUT2D eigenvalue weighted by atomic mass is 16.5. The predicted octanol–water partition coefficient (Wildman–Crippen LogP) is 6.86. The van der Waals surface area contributed by atoms with E-state index in [2.05, 4.69) is 24.9 Å². The highest BCUT2D eigenvalue weighted by Gasteiger charge is 2.25. The molecule has 0 radical (unpaired) electrons. The first-order valence-electron chi connectivity index (χ1n) is 16.2. The van der Waals surface area contributed by atoms with Crippen LogP contribution in [0.25, 0.3) is 10.9 Å². The number of aliphatic hydroxyl groups is 1. The number of benzene rings is 2. The SMILES string of the molecule is CCCCC[C@@H](O)[C@@H](CCCCC)C(=O)CCc1ccc(O)c(OCn2cc3[nH]cc(Cc4cccc(C(N)N)c4)c3c2)c1. The van der Waals surface area contributed by atoms with Gasteiger partial charge in [-0.1, -0.05) is 82.7 Å². The number of aliphatic hydroxyl groups excluding tert-OH is 1. The Morgan fingerprint density at radius 1 is 0.977 bits per heavy atom. The Morgan fingerprint density at radius 2 is 1.75 bits per heavy atom. The maximum atomic E-state index is 13.2. The molecule has 0 saturated carbocycles. The van der Waals surface area contributed by atoms with Gasteiger partial charge in [-0.25, -0.2) is 0 Å². The fourth-order valence-electron chi connectivity index (χ4n) is 5.89. The standard InChI is InChI=1S/C36H50N4O4/c1-3-5-7-12-29(32(41)13-8-6-4-2)33(42)16-14-25-15-17-34(43)35(20-25)44-24-40-22-30-28(21-39-31(30)23-40)19-26-10-9-11-27(18-26)36(37)38/h9-11,15,17-18,20-23,29,32,36,39,41,43H,3-8,12-14,16,19,24,37-38H2,1-2H3/t29-,32-/m1/s1. The van der Waals surface area contributed by atoms with Crippen LogP contribution in [0.3, 0.4) is 0 Å². The Morgan fingerprint density at radius 3 is 2.50 bits per heavy atom. The van der Waals surface area contributed by atoms with Gasteiger partial charge in [0, 0.05) is 36.3 Å². The van der Waals surface area contributed by atoms with Gasteiger partial charge in [0.25, 0.3) is 0 Å². The largest absolute Gasteiger partial charge is 0.504 e. The van der Waals surface area contributed by atoms with Crippen molar-refractivity contribution in [1.29, 1.82) is 0 Å². The van der Waals surface area contributed by atoms with Crippen molar-refractivity contribution in [3.8, 4) is 11.5 Å². The smallest absolute Gasteiger partial charge is 0.165 e. The average Bonchev–Trinajstić information content (AvgIpc) is 3.59. The van der Waals surface area contributed by atoms with Gasteiger partial charge in [0.2, 0.25) is 0 Å². The Labute approximate surface area is 261 Å². The number of aromatic nitrogens is 2. The summed E-state index contributed by atoms with van der Waals surface area (Å²) in [5.74, 6) is 0.245. The molecule has 8 nitrogen and oxygen atoms in total. The number of H-pyrrole nitrogens is 1. The highest BCUT2D eigenvalue weighted by Crippen LogP contribution is 2.30. The van der Waals surface area contributed by atoms with E-state index in [1.807, 2.05) is 53.5 Å². The van der Waals surface area contributed by atoms with E-state index in [-0.39, 0.29) is 24.2 Å². The number of phenolic OH excluding ortho intramolecular Hbond substituents is 1. The Balaban J connectivity index is 1.36. The molecule has 7 N–H and O–H groups in total. The van der Waals surface area contributed by atoms with Gasteiger partial charge in [0.15, 0.2) is 18.2 Å². The number of Topliss-reactive ketones (excluding diaryl/α,β-unsaturated/α-hetero) is 1. The second-order valence-electron chi connectivity index (χ2n) is 12.1. The Kier molecular flexibility index (Phi) is 12.5. The summed E-state index contributed by atoms with van der Waals surface area (Å²) in [6.45, 7) is 4.51. The summed E-state index contributed by atoms with van der Waals surface area (Å²) >= 11 is 0. The summed E-state index contributed by atoms with van der Waals surface area (Å²) in [5.41, 5.74) is 16.8. The Hall–Kier alpha value is -3.59. The number of hydrogen-bond acceptors (Lipinski definition) is 6. The number of carbonyl (C=O) groups excluding carboxylic acids is 1. The summed E-state index contributed by atoms with van der Waals surface area (Å²) < 4.78 is 7.96. The summed E-state index contributed by atoms with van der Waals surface area (Å²) in [7, 11) is 0. The number of nitrogens with zero attached hydrogens (tertiary/aromatic N) is 1. The van der Waals surface area contributed by atoms with Crippen molar-refractivity contribution in [2.24, 2.45) is 17.4 Å². The van der Waals surface area contributed by atoms with Crippen molar-refractivity contribution in [2.75, 3.05) is 0 Å². The molecule has 0 aliphatic rings. The second kappa shape index (κ2) is 16.5. The van der Waals surface area contributed by atoms with E-state index in [9.17, 15) is 15.0 Å². The molecule has 2 aromatic heterocycles. The van der Waals surface area contributed by atoms with E-state index in [0.29, 0.717) is 25.0 Å². The van der Waals surface area contributed by atoms with Crippen LogP contribution >= 0.6 is 0 Å². The van der Waals surface area contributed by atoms with Crippen molar-refractivity contribution < 1.29 is 19.7 Å². The van der Waals surface area contributed by atoms with Gasteiger partial charge in [0.05, 0.1) is 17.8 Å². The molecule has 44 heavy (non-hydrogen) atoms. The number of phenols is 1. The normalized spacial score (nSPS) is 13.0. The maximum Gasteiger partial charge on any atom is 0.165 e. The van der Waals surface area contributed by atoms with E-state index in [4.69, 9.17) is 16.2 Å². The van der Waals surface area contributed by atoms with E-state index in [1.165, 1.54) is 0 Å². The fourth-order valence-corrected chi connectivity index (χ4v) is 5.89. The fraction of sp³-hybridized carbons (Fsp3) is 0.472. The molecule has 4 rings (SSSR count). The van der Waals surface area contributed by atoms with E-state index >= 15 is 0 Å². The van der Waals surface area contributed by atoms with Gasteiger partial charge >= 0.3 is 0 Å². The molecule has 4 aromatic rings.